The van der Waals surface area contributed by atoms with Crippen molar-refractivity contribution in [2.24, 2.45) is 5.41 Å². The predicted octanol–water partition coefficient (Wildman–Crippen LogP) is 4.30. The lowest BCUT2D eigenvalue weighted by Crippen LogP contribution is -2.44. The molecule has 21 heavy (non-hydrogen) atoms. The third-order valence-corrected chi connectivity index (χ3v) is 4.03. The van der Waals surface area contributed by atoms with Crippen LogP contribution in [0.2, 0.25) is 0 Å². The van der Waals surface area contributed by atoms with E-state index in [0.717, 1.165) is 19.3 Å². The average molecular weight is 293 g/mol. The summed E-state index contributed by atoms with van der Waals surface area (Å²) in [6, 6.07) is 0. The van der Waals surface area contributed by atoms with Crippen LogP contribution in [0.15, 0.2) is 23.3 Å². The van der Waals surface area contributed by atoms with Gasteiger partial charge >= 0.3 is 0 Å². The Morgan fingerprint density at radius 1 is 1.24 bits per heavy atom. The van der Waals surface area contributed by atoms with Gasteiger partial charge < -0.3 is 9.64 Å². The van der Waals surface area contributed by atoms with Gasteiger partial charge in [-0.15, -0.1) is 0 Å². The average Bonchev–Trinajstić information content (AvgIpc) is 2.86. The topological polar surface area (TPSA) is 29.5 Å². The first-order chi connectivity index (χ1) is 9.74. The van der Waals surface area contributed by atoms with E-state index in [1.165, 1.54) is 11.1 Å². The molecule has 0 N–H and O–H groups in total. The highest BCUT2D eigenvalue weighted by Crippen LogP contribution is 2.33. The first-order valence-corrected chi connectivity index (χ1v) is 7.92. The number of rotatable bonds is 6. The molecule has 1 aliphatic rings. The normalized spacial score (nSPS) is 19.8. The summed E-state index contributed by atoms with van der Waals surface area (Å²) >= 11 is 0. The van der Waals surface area contributed by atoms with Crippen LogP contribution in [0.1, 0.15) is 60.8 Å². The molecule has 1 heterocycles. The summed E-state index contributed by atoms with van der Waals surface area (Å²) in [5, 5.41) is 0. The second kappa shape index (κ2) is 7.79. The molecule has 0 aromatic rings. The van der Waals surface area contributed by atoms with Gasteiger partial charge in [0.05, 0.1) is 6.61 Å². The number of hydrogen-bond acceptors (Lipinski definition) is 2. The molecular formula is C18H31NO2. The SMILES string of the molecule is CC(=O)N1CCO[C@@H]1C(C)(C)C/C=C(\C)CCC=C(C)C. The van der Waals surface area contributed by atoms with Gasteiger partial charge in [0.25, 0.3) is 0 Å². The second-order valence-corrected chi connectivity index (χ2v) is 7.00. The van der Waals surface area contributed by atoms with Crippen LogP contribution in [-0.4, -0.2) is 30.2 Å². The molecule has 1 saturated heterocycles. The first kappa shape index (κ1) is 18.0. The van der Waals surface area contributed by atoms with E-state index in [1.54, 1.807) is 6.92 Å². The third-order valence-electron chi connectivity index (χ3n) is 4.03. The summed E-state index contributed by atoms with van der Waals surface area (Å²) in [5.74, 6) is 0.106. The molecule has 0 aromatic heterocycles. The molecule has 0 aromatic carbocycles. The number of hydrogen-bond donors (Lipinski definition) is 0. The Balaban J connectivity index is 2.59. The number of carbonyl (C=O) groups is 1. The fourth-order valence-corrected chi connectivity index (χ4v) is 2.67. The van der Waals surface area contributed by atoms with E-state index in [0.29, 0.717) is 13.2 Å². The molecular weight excluding hydrogens is 262 g/mol. The Kier molecular flexibility index (Phi) is 6.66. The highest BCUT2D eigenvalue weighted by molar-refractivity contribution is 5.73. The maximum Gasteiger partial charge on any atom is 0.221 e. The van der Waals surface area contributed by atoms with Crippen molar-refractivity contribution in [3.63, 3.8) is 0 Å². The Morgan fingerprint density at radius 3 is 2.48 bits per heavy atom. The molecule has 120 valence electrons. The molecule has 0 radical (unpaired) electrons. The maximum atomic E-state index is 11.7. The quantitative estimate of drug-likeness (QED) is 0.683. The largest absolute Gasteiger partial charge is 0.356 e. The van der Waals surface area contributed by atoms with Crippen LogP contribution in [0.5, 0.6) is 0 Å². The van der Waals surface area contributed by atoms with E-state index in [1.807, 2.05) is 4.90 Å². The van der Waals surface area contributed by atoms with Crippen molar-refractivity contribution in [1.82, 2.24) is 4.90 Å². The standard InChI is InChI=1S/C18H31NO2/c1-14(2)8-7-9-15(3)10-11-18(5,6)17-19(16(4)20)12-13-21-17/h8,10,17H,7,9,11-13H2,1-6H3/b15-10+/t17-/m1/s1. The van der Waals surface area contributed by atoms with Crippen LogP contribution in [-0.2, 0) is 9.53 Å². The fourth-order valence-electron chi connectivity index (χ4n) is 2.67. The van der Waals surface area contributed by atoms with Crippen molar-refractivity contribution in [2.45, 2.75) is 67.0 Å². The Morgan fingerprint density at radius 2 is 1.90 bits per heavy atom. The van der Waals surface area contributed by atoms with Crippen molar-refractivity contribution < 1.29 is 9.53 Å². The first-order valence-electron chi connectivity index (χ1n) is 7.92. The second-order valence-electron chi connectivity index (χ2n) is 7.00. The highest BCUT2D eigenvalue weighted by atomic mass is 16.5. The number of nitrogens with zero attached hydrogens (tertiary/aromatic N) is 1. The van der Waals surface area contributed by atoms with Crippen LogP contribution in [0.3, 0.4) is 0 Å². The lowest BCUT2D eigenvalue weighted by atomic mass is 9.85. The van der Waals surface area contributed by atoms with E-state index >= 15 is 0 Å². The lowest BCUT2D eigenvalue weighted by Gasteiger charge is -2.35. The minimum absolute atomic E-state index is 0.0556. The minimum Gasteiger partial charge on any atom is -0.356 e. The Bertz CT molecular complexity index is 417. The van der Waals surface area contributed by atoms with Crippen LogP contribution in [0.4, 0.5) is 0 Å². The molecule has 1 aliphatic heterocycles. The molecule has 0 aliphatic carbocycles. The van der Waals surface area contributed by atoms with Gasteiger partial charge in [0.15, 0.2) is 0 Å². The van der Waals surface area contributed by atoms with E-state index in [9.17, 15) is 4.79 Å². The molecule has 1 fully saturated rings. The van der Waals surface area contributed by atoms with E-state index in [2.05, 4.69) is 46.8 Å². The van der Waals surface area contributed by atoms with Gasteiger partial charge in [0.2, 0.25) is 5.91 Å². The Labute approximate surface area is 130 Å². The number of carbonyl (C=O) groups excluding carboxylic acids is 1. The number of amides is 1. The molecule has 0 bridgehead atoms. The van der Waals surface area contributed by atoms with Gasteiger partial charge in [0.1, 0.15) is 6.23 Å². The summed E-state index contributed by atoms with van der Waals surface area (Å²) in [6.07, 6.45) is 7.62. The molecule has 3 heteroatoms. The van der Waals surface area contributed by atoms with Crippen molar-refractivity contribution in [3.05, 3.63) is 23.3 Å². The summed E-state index contributed by atoms with van der Waals surface area (Å²) in [4.78, 5) is 13.5. The van der Waals surface area contributed by atoms with Crippen molar-refractivity contribution in [3.8, 4) is 0 Å². The van der Waals surface area contributed by atoms with Gasteiger partial charge in [-0.25, -0.2) is 0 Å². The van der Waals surface area contributed by atoms with Crippen LogP contribution >= 0.6 is 0 Å². The summed E-state index contributed by atoms with van der Waals surface area (Å²) in [7, 11) is 0. The van der Waals surface area contributed by atoms with E-state index in [4.69, 9.17) is 4.74 Å². The van der Waals surface area contributed by atoms with Crippen LogP contribution in [0, 0.1) is 5.41 Å². The summed E-state index contributed by atoms with van der Waals surface area (Å²) in [6.45, 7) is 13.8. The van der Waals surface area contributed by atoms with Crippen LogP contribution in [0.25, 0.3) is 0 Å². The number of ether oxygens (including phenoxy) is 1. The third kappa shape index (κ3) is 5.66. The van der Waals surface area contributed by atoms with E-state index < -0.39 is 0 Å². The highest BCUT2D eigenvalue weighted by Gasteiger charge is 2.39. The zero-order valence-corrected chi connectivity index (χ0v) is 14.5. The molecule has 3 nitrogen and oxygen atoms in total. The minimum atomic E-state index is -0.100. The molecule has 0 spiro atoms. The van der Waals surface area contributed by atoms with Gasteiger partial charge in [-0.3, -0.25) is 4.79 Å². The molecule has 1 atom stereocenters. The van der Waals surface area contributed by atoms with Gasteiger partial charge in [-0.2, -0.15) is 0 Å². The zero-order chi connectivity index (χ0) is 16.0. The summed E-state index contributed by atoms with van der Waals surface area (Å²) < 4.78 is 5.80. The van der Waals surface area contributed by atoms with Crippen molar-refractivity contribution in [1.29, 1.82) is 0 Å². The Hall–Kier alpha value is -1.09. The molecule has 1 rings (SSSR count). The van der Waals surface area contributed by atoms with Gasteiger partial charge in [-0.05, 0) is 40.0 Å². The van der Waals surface area contributed by atoms with Crippen molar-refractivity contribution >= 4 is 5.91 Å². The fraction of sp³-hybridized carbons (Fsp3) is 0.722. The van der Waals surface area contributed by atoms with Gasteiger partial charge in [0, 0.05) is 18.9 Å². The predicted molar refractivity (Wildman–Crippen MR) is 87.9 cm³/mol. The van der Waals surface area contributed by atoms with E-state index in [-0.39, 0.29) is 17.6 Å². The molecule has 0 unspecified atom stereocenters. The van der Waals surface area contributed by atoms with Crippen LogP contribution < -0.4 is 0 Å². The number of allylic oxidation sites excluding steroid dienone is 4. The lowest BCUT2D eigenvalue weighted by molar-refractivity contribution is -0.140. The maximum absolute atomic E-state index is 11.7. The summed E-state index contributed by atoms with van der Waals surface area (Å²) in [5.41, 5.74) is 2.73. The van der Waals surface area contributed by atoms with Gasteiger partial charge in [-0.1, -0.05) is 37.1 Å². The van der Waals surface area contributed by atoms with Crippen molar-refractivity contribution in [2.75, 3.05) is 13.2 Å². The smallest absolute Gasteiger partial charge is 0.221 e. The monoisotopic (exact) mass is 293 g/mol. The zero-order valence-electron chi connectivity index (χ0n) is 14.5. The molecule has 1 amide bonds. The molecule has 0 saturated carbocycles.